The largest absolute Gasteiger partial charge is 0.372 e. The van der Waals surface area contributed by atoms with E-state index >= 15 is 0 Å². The van der Waals surface area contributed by atoms with Gasteiger partial charge in [-0.2, -0.15) is 0 Å². The Morgan fingerprint density at radius 2 is 2.21 bits per heavy atom. The Morgan fingerprint density at radius 1 is 1.42 bits per heavy atom. The summed E-state index contributed by atoms with van der Waals surface area (Å²) in [7, 11) is 0. The molecule has 1 aromatic heterocycles. The topological polar surface area (TPSA) is 82.5 Å². The van der Waals surface area contributed by atoms with Crippen molar-refractivity contribution in [1.29, 1.82) is 0 Å². The Balaban J connectivity index is 1.85. The molecule has 0 aliphatic carbocycles. The average Bonchev–Trinajstić information content (AvgIpc) is 2.66. The van der Waals surface area contributed by atoms with E-state index in [-0.39, 0.29) is 17.9 Å². The van der Waals surface area contributed by atoms with E-state index < -0.39 is 6.23 Å². The fraction of sp³-hybridized carbons (Fsp3) is 0.462. The van der Waals surface area contributed by atoms with Crippen LogP contribution in [0, 0.1) is 6.92 Å². The lowest BCUT2D eigenvalue weighted by Crippen LogP contribution is -2.55. The smallest absolute Gasteiger partial charge is 0.256 e. The highest BCUT2D eigenvalue weighted by Crippen LogP contribution is 2.27. The van der Waals surface area contributed by atoms with E-state index in [2.05, 4.69) is 10.3 Å². The van der Waals surface area contributed by atoms with Crippen molar-refractivity contribution in [2.45, 2.75) is 38.6 Å². The van der Waals surface area contributed by atoms with Crippen molar-refractivity contribution in [3.05, 3.63) is 29.1 Å². The number of pyridine rings is 1. The number of rotatable bonds is 1. The summed E-state index contributed by atoms with van der Waals surface area (Å²) in [6, 6.07) is 3.20. The molecule has 3 heterocycles. The van der Waals surface area contributed by atoms with Crippen LogP contribution in [0.2, 0.25) is 0 Å². The summed E-state index contributed by atoms with van der Waals surface area (Å²) in [6.07, 6.45) is -0.194. The number of aliphatic hydroxyl groups is 1. The van der Waals surface area contributed by atoms with Gasteiger partial charge >= 0.3 is 0 Å². The Labute approximate surface area is 110 Å². The highest BCUT2D eigenvalue weighted by atomic mass is 16.3. The Hall–Kier alpha value is -1.95. The molecule has 19 heavy (non-hydrogen) atoms. The van der Waals surface area contributed by atoms with Gasteiger partial charge in [-0.1, -0.05) is 0 Å². The molecule has 2 unspecified atom stereocenters. The van der Waals surface area contributed by atoms with Crippen LogP contribution >= 0.6 is 0 Å². The van der Waals surface area contributed by atoms with E-state index in [9.17, 15) is 14.7 Å². The number of aryl methyl sites for hydroxylation is 1. The van der Waals surface area contributed by atoms with Gasteiger partial charge in [0.2, 0.25) is 5.91 Å². The third kappa shape index (κ3) is 1.98. The van der Waals surface area contributed by atoms with Gasteiger partial charge in [-0.25, -0.2) is 0 Å². The first-order valence-corrected chi connectivity index (χ1v) is 6.31. The summed E-state index contributed by atoms with van der Waals surface area (Å²) in [6.45, 7) is 2.27. The van der Waals surface area contributed by atoms with Crippen molar-refractivity contribution < 1.29 is 14.7 Å². The van der Waals surface area contributed by atoms with E-state index in [0.29, 0.717) is 24.9 Å². The minimum Gasteiger partial charge on any atom is -0.372 e. The summed E-state index contributed by atoms with van der Waals surface area (Å²) in [5.74, 6) is -0.301. The van der Waals surface area contributed by atoms with Crippen LogP contribution in [-0.2, 0) is 11.3 Å². The quantitative estimate of drug-likeness (QED) is 0.742. The minimum atomic E-state index is -0.999. The molecule has 2 amide bonds. The van der Waals surface area contributed by atoms with Crippen LogP contribution in [0.15, 0.2) is 12.1 Å². The lowest BCUT2D eigenvalue weighted by molar-refractivity contribution is -0.129. The SMILES string of the molecule is Cc1ccc2c(n1)CN(C1CCC(=O)NC1O)C2=O. The normalized spacial score (nSPS) is 26.3. The molecule has 0 bridgehead atoms. The summed E-state index contributed by atoms with van der Waals surface area (Å²) in [5, 5.41) is 12.4. The number of carbonyl (C=O) groups excluding carboxylic acids is 2. The summed E-state index contributed by atoms with van der Waals surface area (Å²) in [5.41, 5.74) is 2.20. The molecule has 0 spiro atoms. The highest BCUT2D eigenvalue weighted by Gasteiger charge is 2.39. The maximum absolute atomic E-state index is 12.3. The van der Waals surface area contributed by atoms with E-state index in [0.717, 1.165) is 11.4 Å². The molecule has 0 saturated carbocycles. The number of hydrogen-bond donors (Lipinski definition) is 2. The van der Waals surface area contributed by atoms with Crippen LogP contribution in [0.1, 0.15) is 34.6 Å². The Morgan fingerprint density at radius 3 is 2.95 bits per heavy atom. The lowest BCUT2D eigenvalue weighted by Gasteiger charge is -2.34. The van der Waals surface area contributed by atoms with Crippen molar-refractivity contribution in [3.63, 3.8) is 0 Å². The van der Waals surface area contributed by atoms with E-state index in [4.69, 9.17) is 0 Å². The third-order valence-electron chi connectivity index (χ3n) is 3.67. The molecule has 2 aliphatic rings. The van der Waals surface area contributed by atoms with Crippen LogP contribution in [0.5, 0.6) is 0 Å². The van der Waals surface area contributed by atoms with Crippen LogP contribution in [0.25, 0.3) is 0 Å². The van der Waals surface area contributed by atoms with Crippen molar-refractivity contribution in [2.24, 2.45) is 0 Å². The van der Waals surface area contributed by atoms with Gasteiger partial charge in [0.1, 0.15) is 6.23 Å². The van der Waals surface area contributed by atoms with E-state index in [1.54, 1.807) is 17.0 Å². The average molecular weight is 261 g/mol. The van der Waals surface area contributed by atoms with Crippen LogP contribution in [-0.4, -0.2) is 39.1 Å². The van der Waals surface area contributed by atoms with Crippen molar-refractivity contribution in [1.82, 2.24) is 15.2 Å². The zero-order valence-electron chi connectivity index (χ0n) is 10.6. The molecule has 2 atom stereocenters. The predicted octanol–water partition coefficient (Wildman–Crippen LogP) is -0.0572. The fourth-order valence-electron chi connectivity index (χ4n) is 2.68. The second-order valence-electron chi connectivity index (χ2n) is 5.00. The van der Waals surface area contributed by atoms with Gasteiger partial charge in [0.15, 0.2) is 0 Å². The van der Waals surface area contributed by atoms with E-state index in [1.165, 1.54) is 0 Å². The van der Waals surface area contributed by atoms with Gasteiger partial charge in [-0.05, 0) is 25.5 Å². The number of carbonyl (C=O) groups is 2. The maximum Gasteiger partial charge on any atom is 0.256 e. The number of piperidine rings is 1. The summed E-state index contributed by atoms with van der Waals surface area (Å²) >= 11 is 0. The van der Waals surface area contributed by atoms with Crippen molar-refractivity contribution in [3.8, 4) is 0 Å². The molecular weight excluding hydrogens is 246 g/mol. The second kappa shape index (κ2) is 4.31. The lowest BCUT2D eigenvalue weighted by atomic mass is 10.0. The molecule has 3 rings (SSSR count). The third-order valence-corrected chi connectivity index (χ3v) is 3.67. The number of hydrogen-bond acceptors (Lipinski definition) is 4. The van der Waals surface area contributed by atoms with Crippen molar-refractivity contribution in [2.75, 3.05) is 0 Å². The predicted molar refractivity (Wildman–Crippen MR) is 66.0 cm³/mol. The first-order chi connectivity index (χ1) is 9.06. The molecule has 0 radical (unpaired) electrons. The van der Waals surface area contributed by atoms with Gasteiger partial charge in [0, 0.05) is 12.1 Å². The minimum absolute atomic E-state index is 0.123. The van der Waals surface area contributed by atoms with Crippen LogP contribution < -0.4 is 5.32 Å². The van der Waals surface area contributed by atoms with E-state index in [1.807, 2.05) is 6.92 Å². The molecule has 1 aromatic rings. The Kier molecular flexibility index (Phi) is 2.74. The summed E-state index contributed by atoms with van der Waals surface area (Å²) < 4.78 is 0. The number of nitrogens with zero attached hydrogens (tertiary/aromatic N) is 2. The van der Waals surface area contributed by atoms with Gasteiger partial charge in [-0.3, -0.25) is 14.6 Å². The Bertz CT molecular complexity index is 558. The number of aromatic nitrogens is 1. The number of fused-ring (bicyclic) bond motifs is 1. The standard InChI is InChI=1S/C13H15N3O3/c1-7-2-3-8-9(14-7)6-16(13(8)19)10-4-5-11(17)15-12(10)18/h2-3,10,12,18H,4-6H2,1H3,(H,15,17). The highest BCUT2D eigenvalue weighted by molar-refractivity contribution is 5.98. The van der Waals surface area contributed by atoms with Gasteiger partial charge in [0.05, 0.1) is 23.8 Å². The van der Waals surface area contributed by atoms with Gasteiger partial charge in [0.25, 0.3) is 5.91 Å². The monoisotopic (exact) mass is 261 g/mol. The van der Waals surface area contributed by atoms with Crippen molar-refractivity contribution >= 4 is 11.8 Å². The summed E-state index contributed by atoms with van der Waals surface area (Å²) in [4.78, 5) is 29.4. The van der Waals surface area contributed by atoms with Crippen LogP contribution in [0.4, 0.5) is 0 Å². The molecule has 2 N–H and O–H groups in total. The molecule has 100 valence electrons. The molecule has 6 heteroatoms. The second-order valence-corrected chi connectivity index (χ2v) is 5.00. The number of aliphatic hydroxyl groups excluding tert-OH is 1. The van der Waals surface area contributed by atoms with Gasteiger partial charge < -0.3 is 15.3 Å². The molecule has 6 nitrogen and oxygen atoms in total. The molecule has 2 aliphatic heterocycles. The zero-order chi connectivity index (χ0) is 13.6. The number of nitrogens with one attached hydrogen (secondary N) is 1. The molecule has 1 fully saturated rings. The first kappa shape index (κ1) is 12.1. The van der Waals surface area contributed by atoms with Crippen LogP contribution in [0.3, 0.4) is 0 Å². The maximum atomic E-state index is 12.3. The zero-order valence-corrected chi connectivity index (χ0v) is 10.6. The number of amides is 2. The molecule has 0 aromatic carbocycles. The van der Waals surface area contributed by atoms with Gasteiger partial charge in [-0.15, -0.1) is 0 Å². The first-order valence-electron chi connectivity index (χ1n) is 6.31. The molecular formula is C13H15N3O3. The fourth-order valence-corrected chi connectivity index (χ4v) is 2.68. The molecule has 1 saturated heterocycles.